The van der Waals surface area contributed by atoms with E-state index in [-0.39, 0.29) is 0 Å². The number of nitrogens with two attached hydrogens (primary N) is 1. The van der Waals surface area contributed by atoms with Crippen molar-refractivity contribution in [2.24, 2.45) is 5.73 Å². The Kier molecular flexibility index (Phi) is 3.85. The molecule has 2 rings (SSSR count). The summed E-state index contributed by atoms with van der Waals surface area (Å²) in [5.41, 5.74) is 9.06. The molecular formula is C14H19N3O2. The van der Waals surface area contributed by atoms with Gasteiger partial charge in [0.25, 0.3) is 0 Å². The van der Waals surface area contributed by atoms with Crippen LogP contribution in [0.1, 0.15) is 30.9 Å². The average molecular weight is 261 g/mol. The van der Waals surface area contributed by atoms with Crippen LogP contribution in [0.25, 0.3) is 10.9 Å². The topological polar surface area (TPSA) is 81.0 Å². The van der Waals surface area contributed by atoms with Gasteiger partial charge in [0.2, 0.25) is 0 Å². The maximum absolute atomic E-state index is 11.4. The monoisotopic (exact) mass is 261 g/mol. The summed E-state index contributed by atoms with van der Waals surface area (Å²) in [6, 6.07) is 3.45. The fourth-order valence-electron chi connectivity index (χ4n) is 2.21. The number of nitrogens with one attached hydrogen (secondary N) is 1. The highest BCUT2D eigenvalue weighted by atomic mass is 16.5. The first-order chi connectivity index (χ1) is 9.02. The van der Waals surface area contributed by atoms with Crippen molar-refractivity contribution in [2.75, 3.05) is 7.11 Å². The van der Waals surface area contributed by atoms with E-state index in [4.69, 9.17) is 5.73 Å². The first-order valence-electron chi connectivity index (χ1n) is 6.32. The van der Waals surface area contributed by atoms with Gasteiger partial charge in [-0.15, -0.1) is 0 Å². The van der Waals surface area contributed by atoms with Gasteiger partial charge in [0.15, 0.2) is 0 Å². The van der Waals surface area contributed by atoms with Gasteiger partial charge in [0.1, 0.15) is 6.04 Å². The lowest BCUT2D eigenvalue weighted by molar-refractivity contribution is -0.142. The van der Waals surface area contributed by atoms with E-state index in [1.807, 2.05) is 6.07 Å². The number of H-pyrrole nitrogens is 1. The molecule has 0 aliphatic rings. The number of carbonyl (C=O) groups is 1. The van der Waals surface area contributed by atoms with Gasteiger partial charge in [-0.3, -0.25) is 9.89 Å². The van der Waals surface area contributed by atoms with Crippen molar-refractivity contribution in [1.82, 2.24) is 10.2 Å². The van der Waals surface area contributed by atoms with Crippen LogP contribution in [-0.4, -0.2) is 29.3 Å². The van der Waals surface area contributed by atoms with Gasteiger partial charge in [-0.1, -0.05) is 19.9 Å². The van der Waals surface area contributed by atoms with E-state index < -0.39 is 12.0 Å². The number of ether oxygens (including phenoxy) is 1. The maximum Gasteiger partial charge on any atom is 0.322 e. The summed E-state index contributed by atoms with van der Waals surface area (Å²) in [4.78, 5) is 11.4. The van der Waals surface area contributed by atoms with Gasteiger partial charge >= 0.3 is 5.97 Å². The van der Waals surface area contributed by atoms with Crippen LogP contribution in [0.3, 0.4) is 0 Å². The zero-order valence-electron chi connectivity index (χ0n) is 11.4. The Labute approximate surface area is 112 Å². The molecule has 0 amide bonds. The van der Waals surface area contributed by atoms with Crippen molar-refractivity contribution in [3.05, 3.63) is 29.5 Å². The molecule has 0 fully saturated rings. The second kappa shape index (κ2) is 5.40. The number of esters is 1. The van der Waals surface area contributed by atoms with E-state index in [9.17, 15) is 4.79 Å². The molecule has 5 nitrogen and oxygen atoms in total. The Balaban J connectivity index is 2.36. The first kappa shape index (κ1) is 13.5. The van der Waals surface area contributed by atoms with E-state index in [0.717, 1.165) is 16.5 Å². The van der Waals surface area contributed by atoms with Crippen molar-refractivity contribution in [3.8, 4) is 0 Å². The molecule has 19 heavy (non-hydrogen) atoms. The number of benzene rings is 1. The van der Waals surface area contributed by atoms with Gasteiger partial charge in [0.05, 0.1) is 18.8 Å². The number of fused-ring (bicyclic) bond motifs is 1. The van der Waals surface area contributed by atoms with Gasteiger partial charge in [-0.2, -0.15) is 5.10 Å². The second-order valence-corrected chi connectivity index (χ2v) is 5.01. The smallest absolute Gasteiger partial charge is 0.322 e. The zero-order valence-corrected chi connectivity index (χ0v) is 11.4. The van der Waals surface area contributed by atoms with Crippen molar-refractivity contribution < 1.29 is 9.53 Å². The highest BCUT2D eigenvalue weighted by Gasteiger charge is 2.16. The van der Waals surface area contributed by atoms with Crippen LogP contribution in [0.2, 0.25) is 0 Å². The summed E-state index contributed by atoms with van der Waals surface area (Å²) in [5, 5.41) is 8.12. The quantitative estimate of drug-likeness (QED) is 0.821. The number of carbonyl (C=O) groups excluding carboxylic acids is 1. The van der Waals surface area contributed by atoms with Crippen molar-refractivity contribution in [2.45, 2.75) is 32.2 Å². The normalized spacial score (nSPS) is 12.9. The molecular weight excluding hydrogens is 242 g/mol. The first-order valence-corrected chi connectivity index (χ1v) is 6.32. The Bertz CT molecular complexity index is 589. The van der Waals surface area contributed by atoms with Crippen LogP contribution >= 0.6 is 0 Å². The van der Waals surface area contributed by atoms with Crippen LogP contribution in [-0.2, 0) is 16.0 Å². The molecule has 0 saturated heterocycles. The molecule has 1 aromatic carbocycles. The fraction of sp³-hybridized carbons (Fsp3) is 0.429. The lowest BCUT2D eigenvalue weighted by atomic mass is 9.95. The summed E-state index contributed by atoms with van der Waals surface area (Å²) in [7, 11) is 1.35. The number of methoxy groups -OCH3 is 1. The summed E-state index contributed by atoms with van der Waals surface area (Å²) < 4.78 is 4.65. The number of hydrogen-bond donors (Lipinski definition) is 2. The number of rotatable bonds is 4. The Morgan fingerprint density at radius 3 is 2.84 bits per heavy atom. The molecule has 1 heterocycles. The number of hydrogen-bond acceptors (Lipinski definition) is 4. The molecule has 0 aliphatic heterocycles. The van der Waals surface area contributed by atoms with Gasteiger partial charge in [-0.25, -0.2) is 0 Å². The van der Waals surface area contributed by atoms with Gasteiger partial charge in [0, 0.05) is 5.39 Å². The molecule has 102 valence electrons. The predicted molar refractivity (Wildman–Crippen MR) is 73.9 cm³/mol. The van der Waals surface area contributed by atoms with Gasteiger partial charge in [-0.05, 0) is 29.5 Å². The predicted octanol–water partition coefficient (Wildman–Crippen LogP) is 1.73. The van der Waals surface area contributed by atoms with Gasteiger partial charge < -0.3 is 10.5 Å². The van der Waals surface area contributed by atoms with Crippen LogP contribution in [0.4, 0.5) is 0 Å². The van der Waals surface area contributed by atoms with E-state index in [0.29, 0.717) is 12.3 Å². The Hall–Kier alpha value is -1.88. The van der Waals surface area contributed by atoms with Crippen LogP contribution in [0, 0.1) is 0 Å². The lowest BCUT2D eigenvalue weighted by Gasteiger charge is -2.13. The third-order valence-corrected chi connectivity index (χ3v) is 3.22. The van der Waals surface area contributed by atoms with E-state index >= 15 is 0 Å². The van der Waals surface area contributed by atoms with E-state index in [1.54, 1.807) is 6.20 Å². The summed E-state index contributed by atoms with van der Waals surface area (Å²) in [6.07, 6.45) is 2.25. The summed E-state index contributed by atoms with van der Waals surface area (Å²) >= 11 is 0. The van der Waals surface area contributed by atoms with Crippen LogP contribution in [0.15, 0.2) is 18.3 Å². The molecule has 3 N–H and O–H groups in total. The standard InChI is InChI=1S/C14H19N3O2/c1-8(2)11-5-9(6-12(15)14(18)19-3)4-10-7-16-17-13(10)11/h4-5,7-8,12H,6,15H2,1-3H3,(H,16,17). The molecule has 1 aromatic heterocycles. The van der Waals surface area contributed by atoms with Crippen molar-refractivity contribution in [1.29, 1.82) is 0 Å². The van der Waals surface area contributed by atoms with Crippen LogP contribution in [0.5, 0.6) is 0 Å². The highest BCUT2D eigenvalue weighted by Crippen LogP contribution is 2.25. The maximum atomic E-state index is 11.4. The Morgan fingerprint density at radius 2 is 2.21 bits per heavy atom. The molecule has 1 unspecified atom stereocenters. The number of aromatic nitrogens is 2. The Morgan fingerprint density at radius 1 is 1.47 bits per heavy atom. The van der Waals surface area contributed by atoms with Crippen LogP contribution < -0.4 is 5.73 Å². The lowest BCUT2D eigenvalue weighted by Crippen LogP contribution is -2.33. The minimum atomic E-state index is -0.630. The van der Waals surface area contributed by atoms with Crippen molar-refractivity contribution >= 4 is 16.9 Å². The molecule has 5 heteroatoms. The second-order valence-electron chi connectivity index (χ2n) is 5.01. The van der Waals surface area contributed by atoms with E-state index in [1.165, 1.54) is 12.7 Å². The van der Waals surface area contributed by atoms with Crippen molar-refractivity contribution in [3.63, 3.8) is 0 Å². The highest BCUT2D eigenvalue weighted by molar-refractivity contribution is 5.83. The summed E-state index contributed by atoms with van der Waals surface area (Å²) in [6.45, 7) is 4.25. The fourth-order valence-corrected chi connectivity index (χ4v) is 2.21. The van der Waals surface area contributed by atoms with E-state index in [2.05, 4.69) is 34.8 Å². The molecule has 1 atom stereocenters. The third-order valence-electron chi connectivity index (χ3n) is 3.22. The third kappa shape index (κ3) is 2.76. The number of nitrogens with zero attached hydrogens (tertiary/aromatic N) is 1. The number of aromatic amines is 1. The SMILES string of the molecule is COC(=O)C(N)Cc1cc(C(C)C)c2[nH]ncc2c1. The molecule has 0 aliphatic carbocycles. The average Bonchev–Trinajstić information content (AvgIpc) is 2.84. The largest absolute Gasteiger partial charge is 0.468 e. The molecule has 0 bridgehead atoms. The minimum absolute atomic E-state index is 0.372. The molecule has 0 radical (unpaired) electrons. The minimum Gasteiger partial charge on any atom is -0.468 e. The molecule has 0 spiro atoms. The summed E-state index contributed by atoms with van der Waals surface area (Å²) in [5.74, 6) is -0.0179. The zero-order chi connectivity index (χ0) is 14.0. The molecule has 0 saturated carbocycles. The molecule has 2 aromatic rings.